The van der Waals surface area contributed by atoms with Gasteiger partial charge in [0.2, 0.25) is 0 Å². The number of rotatable bonds is 3. The molecular formula is C19H18ClNO3. The van der Waals surface area contributed by atoms with Gasteiger partial charge in [-0.3, -0.25) is 9.59 Å². The number of aryl methyl sites for hydroxylation is 1. The van der Waals surface area contributed by atoms with Crippen LogP contribution in [0.15, 0.2) is 48.5 Å². The van der Waals surface area contributed by atoms with Crippen molar-refractivity contribution in [2.24, 2.45) is 5.92 Å². The summed E-state index contributed by atoms with van der Waals surface area (Å²) < 4.78 is 0. The molecular weight excluding hydrogens is 326 g/mol. The molecule has 0 spiro atoms. The molecule has 24 heavy (non-hydrogen) atoms. The second kappa shape index (κ2) is 6.65. The van der Waals surface area contributed by atoms with Crippen molar-refractivity contribution < 1.29 is 14.7 Å². The number of carbonyl (C=O) groups excluding carboxylic acids is 1. The summed E-state index contributed by atoms with van der Waals surface area (Å²) >= 11 is 6.01. The van der Waals surface area contributed by atoms with Gasteiger partial charge in [-0.25, -0.2) is 0 Å². The zero-order valence-corrected chi connectivity index (χ0v) is 14.0. The molecule has 2 aromatic carbocycles. The van der Waals surface area contributed by atoms with Crippen LogP contribution in [0.25, 0.3) is 0 Å². The maximum absolute atomic E-state index is 12.8. The molecule has 1 saturated heterocycles. The van der Waals surface area contributed by atoms with Gasteiger partial charge in [0, 0.05) is 29.6 Å². The summed E-state index contributed by atoms with van der Waals surface area (Å²) in [5.74, 6) is -1.84. The van der Waals surface area contributed by atoms with E-state index in [9.17, 15) is 14.7 Å². The maximum Gasteiger partial charge on any atom is 0.308 e. The summed E-state index contributed by atoms with van der Waals surface area (Å²) in [4.78, 5) is 26.1. The van der Waals surface area contributed by atoms with Gasteiger partial charge in [0.15, 0.2) is 0 Å². The molecule has 0 bridgehead atoms. The van der Waals surface area contributed by atoms with Crippen LogP contribution < -0.4 is 0 Å². The van der Waals surface area contributed by atoms with E-state index >= 15 is 0 Å². The van der Waals surface area contributed by atoms with Crippen LogP contribution in [0.2, 0.25) is 5.02 Å². The number of nitrogens with zero attached hydrogens (tertiary/aromatic N) is 1. The number of carboxylic acid groups (broad SMARTS) is 1. The van der Waals surface area contributed by atoms with Gasteiger partial charge in [-0.1, -0.05) is 48.0 Å². The molecule has 124 valence electrons. The topological polar surface area (TPSA) is 57.6 Å². The van der Waals surface area contributed by atoms with Crippen LogP contribution in [0.1, 0.15) is 27.4 Å². The van der Waals surface area contributed by atoms with E-state index in [2.05, 4.69) is 0 Å². The highest BCUT2D eigenvalue weighted by Gasteiger charge is 2.40. The van der Waals surface area contributed by atoms with Gasteiger partial charge in [0.25, 0.3) is 5.91 Å². The Morgan fingerprint density at radius 1 is 1.12 bits per heavy atom. The first kappa shape index (κ1) is 16.5. The monoisotopic (exact) mass is 343 g/mol. The molecule has 0 aliphatic carbocycles. The summed E-state index contributed by atoms with van der Waals surface area (Å²) in [6.45, 7) is 2.45. The third-order valence-corrected chi connectivity index (χ3v) is 4.82. The summed E-state index contributed by atoms with van der Waals surface area (Å²) in [6.07, 6.45) is 0. The van der Waals surface area contributed by atoms with Crippen LogP contribution in [0.4, 0.5) is 0 Å². The van der Waals surface area contributed by atoms with E-state index in [-0.39, 0.29) is 18.4 Å². The standard InChI is InChI=1S/C19H18ClNO3/c1-12-7-8-14(20)9-15(12)18(22)21-10-16(17(11-21)19(23)24)13-5-3-2-4-6-13/h2-9,16-17H,10-11H2,1H3,(H,23,24). The van der Waals surface area contributed by atoms with Crippen molar-refractivity contribution >= 4 is 23.5 Å². The predicted molar refractivity (Wildman–Crippen MR) is 92.4 cm³/mol. The maximum atomic E-state index is 12.8. The number of amides is 1. The number of carboxylic acids is 1. The molecule has 0 saturated carbocycles. The van der Waals surface area contributed by atoms with Gasteiger partial charge in [-0.05, 0) is 30.2 Å². The van der Waals surface area contributed by atoms with Gasteiger partial charge < -0.3 is 10.0 Å². The smallest absolute Gasteiger partial charge is 0.308 e. The Bertz CT molecular complexity index is 775. The largest absolute Gasteiger partial charge is 0.481 e. The molecule has 2 aromatic rings. The zero-order chi connectivity index (χ0) is 17.3. The van der Waals surface area contributed by atoms with Crippen LogP contribution in [-0.2, 0) is 4.79 Å². The molecule has 1 fully saturated rings. The van der Waals surface area contributed by atoms with E-state index in [1.54, 1.807) is 23.1 Å². The Morgan fingerprint density at radius 3 is 2.50 bits per heavy atom. The van der Waals surface area contributed by atoms with E-state index in [1.165, 1.54) is 0 Å². The summed E-state index contributed by atoms with van der Waals surface area (Å²) in [5, 5.41) is 10.1. The molecule has 1 amide bonds. The number of hydrogen-bond donors (Lipinski definition) is 1. The molecule has 1 aliphatic rings. The van der Waals surface area contributed by atoms with E-state index < -0.39 is 11.9 Å². The minimum Gasteiger partial charge on any atom is -0.481 e. The lowest BCUT2D eigenvalue weighted by Gasteiger charge is -2.18. The van der Waals surface area contributed by atoms with Crippen molar-refractivity contribution in [3.63, 3.8) is 0 Å². The number of aliphatic carboxylic acids is 1. The van der Waals surface area contributed by atoms with Crippen LogP contribution in [-0.4, -0.2) is 35.0 Å². The van der Waals surface area contributed by atoms with Crippen molar-refractivity contribution in [1.82, 2.24) is 4.90 Å². The van der Waals surface area contributed by atoms with Gasteiger partial charge in [0.1, 0.15) is 0 Å². The normalized spacial score (nSPS) is 20.2. The SMILES string of the molecule is Cc1ccc(Cl)cc1C(=O)N1CC(C(=O)O)C(c2ccccc2)C1. The molecule has 1 N–H and O–H groups in total. The molecule has 5 heteroatoms. The number of hydrogen-bond acceptors (Lipinski definition) is 2. The van der Waals surface area contributed by atoms with Gasteiger partial charge in [0.05, 0.1) is 5.92 Å². The second-order valence-corrected chi connectivity index (χ2v) is 6.57. The summed E-state index contributed by atoms with van der Waals surface area (Å²) in [5.41, 5.74) is 2.31. The van der Waals surface area contributed by atoms with Gasteiger partial charge in [-0.15, -0.1) is 0 Å². The van der Waals surface area contributed by atoms with Crippen LogP contribution in [0.3, 0.4) is 0 Å². The van der Waals surface area contributed by atoms with Crippen LogP contribution >= 0.6 is 11.6 Å². The first-order chi connectivity index (χ1) is 11.5. The Morgan fingerprint density at radius 2 is 1.83 bits per heavy atom. The molecule has 2 atom stereocenters. The van der Waals surface area contributed by atoms with Gasteiger partial charge >= 0.3 is 5.97 Å². The highest BCUT2D eigenvalue weighted by molar-refractivity contribution is 6.31. The van der Waals surface area contributed by atoms with Crippen molar-refractivity contribution in [3.8, 4) is 0 Å². The van der Waals surface area contributed by atoms with Crippen molar-refractivity contribution in [2.45, 2.75) is 12.8 Å². The quantitative estimate of drug-likeness (QED) is 0.926. The van der Waals surface area contributed by atoms with E-state index in [0.717, 1.165) is 11.1 Å². The van der Waals surface area contributed by atoms with Crippen LogP contribution in [0, 0.1) is 12.8 Å². The zero-order valence-electron chi connectivity index (χ0n) is 13.3. The van der Waals surface area contributed by atoms with E-state index in [0.29, 0.717) is 17.1 Å². The minimum atomic E-state index is -0.873. The fourth-order valence-electron chi connectivity index (χ4n) is 3.25. The first-order valence-electron chi connectivity index (χ1n) is 7.80. The Kier molecular flexibility index (Phi) is 4.58. The highest BCUT2D eigenvalue weighted by Crippen LogP contribution is 2.34. The van der Waals surface area contributed by atoms with E-state index in [4.69, 9.17) is 11.6 Å². The summed E-state index contributed by atoms with van der Waals surface area (Å²) in [7, 11) is 0. The number of carbonyl (C=O) groups is 2. The van der Waals surface area contributed by atoms with Gasteiger partial charge in [-0.2, -0.15) is 0 Å². The Hall–Kier alpha value is -2.33. The highest BCUT2D eigenvalue weighted by atomic mass is 35.5. The fourth-order valence-corrected chi connectivity index (χ4v) is 3.42. The third kappa shape index (κ3) is 3.15. The minimum absolute atomic E-state index is 0.167. The predicted octanol–water partition coefficient (Wildman–Crippen LogP) is 3.59. The molecule has 1 heterocycles. The Labute approximate surface area is 145 Å². The summed E-state index contributed by atoms with van der Waals surface area (Å²) in [6, 6.07) is 14.7. The van der Waals surface area contributed by atoms with Crippen LogP contribution in [0.5, 0.6) is 0 Å². The third-order valence-electron chi connectivity index (χ3n) is 4.58. The number of halogens is 1. The number of likely N-dealkylation sites (tertiary alicyclic amines) is 1. The average molecular weight is 344 g/mol. The fraction of sp³-hybridized carbons (Fsp3) is 0.263. The lowest BCUT2D eigenvalue weighted by molar-refractivity contribution is -0.141. The van der Waals surface area contributed by atoms with Crippen molar-refractivity contribution in [2.75, 3.05) is 13.1 Å². The lowest BCUT2D eigenvalue weighted by atomic mass is 9.89. The molecule has 0 radical (unpaired) electrons. The van der Waals surface area contributed by atoms with Crippen molar-refractivity contribution in [1.29, 1.82) is 0 Å². The number of benzene rings is 2. The lowest BCUT2D eigenvalue weighted by Crippen LogP contribution is -2.30. The second-order valence-electron chi connectivity index (χ2n) is 6.13. The molecule has 1 aliphatic heterocycles. The first-order valence-corrected chi connectivity index (χ1v) is 8.18. The van der Waals surface area contributed by atoms with Crippen molar-refractivity contribution in [3.05, 3.63) is 70.2 Å². The molecule has 2 unspecified atom stereocenters. The van der Waals surface area contributed by atoms with E-state index in [1.807, 2.05) is 37.3 Å². The average Bonchev–Trinajstić information content (AvgIpc) is 3.03. The molecule has 3 rings (SSSR count). The molecule has 0 aromatic heterocycles. The molecule has 4 nitrogen and oxygen atoms in total. The Balaban J connectivity index is 1.89.